The highest BCUT2D eigenvalue weighted by Gasteiger charge is 2.14. The number of hydrogen-bond acceptors (Lipinski definition) is 4. The Morgan fingerprint density at radius 3 is 2.80 bits per heavy atom. The van der Waals surface area contributed by atoms with Crippen LogP contribution in [0.4, 0.5) is 0 Å². The van der Waals surface area contributed by atoms with E-state index in [1.165, 1.54) is 6.26 Å². The van der Waals surface area contributed by atoms with Gasteiger partial charge in [-0.15, -0.1) is 0 Å². The van der Waals surface area contributed by atoms with Crippen molar-refractivity contribution in [3.63, 3.8) is 0 Å². The van der Waals surface area contributed by atoms with Crippen molar-refractivity contribution in [2.24, 2.45) is 0 Å². The van der Waals surface area contributed by atoms with Gasteiger partial charge in [0.2, 0.25) is 0 Å². The summed E-state index contributed by atoms with van der Waals surface area (Å²) in [6.45, 7) is 2.77. The van der Waals surface area contributed by atoms with Crippen LogP contribution in [0.2, 0.25) is 0 Å². The van der Waals surface area contributed by atoms with E-state index in [0.717, 1.165) is 12.4 Å². The molecule has 1 aromatic heterocycles. The molecular formula is C9H17N3O2S. The van der Waals surface area contributed by atoms with Crippen molar-refractivity contribution in [2.45, 2.75) is 19.4 Å². The summed E-state index contributed by atoms with van der Waals surface area (Å²) < 4.78 is 22.1. The highest BCUT2D eigenvalue weighted by atomic mass is 32.2. The lowest BCUT2D eigenvalue weighted by Gasteiger charge is -2.14. The topological polar surface area (TPSA) is 74.8 Å². The molecule has 6 heteroatoms. The van der Waals surface area contributed by atoms with Gasteiger partial charge < -0.3 is 10.3 Å². The number of H-pyrrole nitrogens is 1. The molecule has 1 atom stereocenters. The summed E-state index contributed by atoms with van der Waals surface area (Å²) in [6, 6.07) is -0.0141. The Balaban J connectivity index is 2.60. The largest absolute Gasteiger partial charge is 0.347 e. The van der Waals surface area contributed by atoms with Crippen LogP contribution in [0.25, 0.3) is 0 Å². The lowest BCUT2D eigenvalue weighted by atomic mass is 10.2. The van der Waals surface area contributed by atoms with Crippen LogP contribution in [-0.4, -0.2) is 36.9 Å². The molecule has 0 spiro atoms. The lowest BCUT2D eigenvalue weighted by Crippen LogP contribution is -2.24. The molecule has 2 N–H and O–H groups in total. The van der Waals surface area contributed by atoms with Crippen LogP contribution < -0.4 is 5.32 Å². The maximum atomic E-state index is 11.1. The van der Waals surface area contributed by atoms with E-state index in [4.69, 9.17) is 0 Å². The summed E-state index contributed by atoms with van der Waals surface area (Å²) in [4.78, 5) is 7.11. The van der Waals surface area contributed by atoms with Gasteiger partial charge in [0, 0.05) is 18.6 Å². The van der Waals surface area contributed by atoms with Crippen LogP contribution in [-0.2, 0) is 9.84 Å². The second kappa shape index (κ2) is 5.27. The van der Waals surface area contributed by atoms with E-state index in [1.807, 2.05) is 6.92 Å². The predicted octanol–water partition coefficient (Wildman–Crippen LogP) is 0.495. The molecule has 1 rings (SSSR count). The average Bonchev–Trinajstić information content (AvgIpc) is 2.63. The Labute approximate surface area is 90.2 Å². The first-order valence-corrected chi connectivity index (χ1v) is 6.99. The summed E-state index contributed by atoms with van der Waals surface area (Å²) in [7, 11) is -2.91. The lowest BCUT2D eigenvalue weighted by molar-refractivity contribution is 0.510. The average molecular weight is 231 g/mol. The van der Waals surface area contributed by atoms with Crippen LogP contribution in [0.5, 0.6) is 0 Å². The molecule has 15 heavy (non-hydrogen) atoms. The third-order valence-corrected chi connectivity index (χ3v) is 3.05. The van der Waals surface area contributed by atoms with Gasteiger partial charge in [0.05, 0.1) is 11.8 Å². The quantitative estimate of drug-likeness (QED) is 0.747. The van der Waals surface area contributed by atoms with Gasteiger partial charge in [-0.3, -0.25) is 0 Å². The fourth-order valence-electron chi connectivity index (χ4n) is 1.38. The Morgan fingerprint density at radius 2 is 2.33 bits per heavy atom. The van der Waals surface area contributed by atoms with Gasteiger partial charge in [0.25, 0.3) is 0 Å². The number of hydrogen-bond donors (Lipinski definition) is 2. The summed E-state index contributed by atoms with van der Waals surface area (Å²) >= 11 is 0. The molecule has 0 radical (unpaired) electrons. The van der Waals surface area contributed by atoms with Gasteiger partial charge in [-0.2, -0.15) is 0 Å². The van der Waals surface area contributed by atoms with Crippen molar-refractivity contribution >= 4 is 9.84 Å². The van der Waals surface area contributed by atoms with Crippen molar-refractivity contribution in [1.82, 2.24) is 15.3 Å². The van der Waals surface area contributed by atoms with E-state index in [1.54, 1.807) is 12.4 Å². The smallest absolute Gasteiger partial charge is 0.147 e. The highest BCUT2D eigenvalue weighted by molar-refractivity contribution is 7.90. The fraction of sp³-hybridized carbons (Fsp3) is 0.667. The molecule has 0 amide bonds. The molecule has 0 saturated heterocycles. The Kier molecular flexibility index (Phi) is 4.28. The maximum absolute atomic E-state index is 11.1. The number of rotatable bonds is 6. The number of nitrogens with zero attached hydrogens (tertiary/aromatic N) is 1. The number of sulfone groups is 1. The standard InChI is InChI=1S/C9H17N3O2S/c1-3-10-8(4-7-15(2,13)14)9-11-5-6-12-9/h5-6,8,10H,3-4,7H2,1-2H3,(H,11,12). The first-order chi connectivity index (χ1) is 7.03. The van der Waals surface area contributed by atoms with Gasteiger partial charge in [-0.25, -0.2) is 13.4 Å². The summed E-state index contributed by atoms with van der Waals surface area (Å²) in [6.07, 6.45) is 5.19. The molecule has 0 aliphatic rings. The number of nitrogens with one attached hydrogen (secondary N) is 2. The van der Waals surface area contributed by atoms with Gasteiger partial charge >= 0.3 is 0 Å². The molecule has 0 fully saturated rings. The van der Waals surface area contributed by atoms with Crippen LogP contribution in [0.1, 0.15) is 25.2 Å². The van der Waals surface area contributed by atoms with E-state index >= 15 is 0 Å². The summed E-state index contributed by atoms with van der Waals surface area (Å²) in [5.74, 6) is 0.964. The number of aromatic nitrogens is 2. The molecule has 1 heterocycles. The monoisotopic (exact) mass is 231 g/mol. The van der Waals surface area contributed by atoms with Crippen LogP contribution in [0.3, 0.4) is 0 Å². The molecule has 0 saturated carbocycles. The Bertz CT molecular complexity index is 372. The highest BCUT2D eigenvalue weighted by Crippen LogP contribution is 2.12. The molecule has 86 valence electrons. The molecule has 0 aliphatic carbocycles. The Hall–Kier alpha value is -0.880. The summed E-state index contributed by atoms with van der Waals surface area (Å²) in [5, 5.41) is 3.20. The third-order valence-electron chi connectivity index (χ3n) is 2.08. The second-order valence-corrected chi connectivity index (χ2v) is 5.76. The van der Waals surface area contributed by atoms with Crippen molar-refractivity contribution in [3.8, 4) is 0 Å². The van der Waals surface area contributed by atoms with Crippen molar-refractivity contribution in [2.75, 3.05) is 18.6 Å². The van der Waals surface area contributed by atoms with Crippen molar-refractivity contribution in [1.29, 1.82) is 0 Å². The van der Waals surface area contributed by atoms with Crippen molar-refractivity contribution in [3.05, 3.63) is 18.2 Å². The molecule has 0 bridgehead atoms. The molecule has 0 aliphatic heterocycles. The van der Waals surface area contributed by atoms with Gasteiger partial charge in [0.15, 0.2) is 0 Å². The number of imidazole rings is 1. The van der Waals surface area contributed by atoms with Gasteiger partial charge in [-0.05, 0) is 13.0 Å². The first-order valence-electron chi connectivity index (χ1n) is 4.93. The second-order valence-electron chi connectivity index (χ2n) is 3.50. The zero-order chi connectivity index (χ0) is 11.3. The third kappa shape index (κ3) is 4.44. The van der Waals surface area contributed by atoms with E-state index in [2.05, 4.69) is 15.3 Å². The van der Waals surface area contributed by atoms with Crippen LogP contribution in [0, 0.1) is 0 Å². The minimum Gasteiger partial charge on any atom is -0.347 e. The molecule has 5 nitrogen and oxygen atoms in total. The summed E-state index contributed by atoms with van der Waals surface area (Å²) in [5.41, 5.74) is 0. The van der Waals surface area contributed by atoms with E-state index in [-0.39, 0.29) is 11.8 Å². The van der Waals surface area contributed by atoms with E-state index < -0.39 is 9.84 Å². The van der Waals surface area contributed by atoms with E-state index in [9.17, 15) is 8.42 Å². The van der Waals surface area contributed by atoms with Crippen LogP contribution in [0.15, 0.2) is 12.4 Å². The first kappa shape index (κ1) is 12.2. The molecule has 1 aromatic rings. The minimum absolute atomic E-state index is 0.0141. The SMILES string of the molecule is CCNC(CCS(C)(=O)=O)c1ncc[nH]1. The maximum Gasteiger partial charge on any atom is 0.147 e. The van der Waals surface area contributed by atoms with Crippen molar-refractivity contribution < 1.29 is 8.42 Å². The van der Waals surface area contributed by atoms with Gasteiger partial charge in [0.1, 0.15) is 15.7 Å². The molecule has 1 unspecified atom stereocenters. The van der Waals surface area contributed by atoms with E-state index in [0.29, 0.717) is 6.42 Å². The molecular weight excluding hydrogens is 214 g/mol. The molecule has 0 aromatic carbocycles. The number of aromatic amines is 1. The zero-order valence-corrected chi connectivity index (χ0v) is 9.84. The zero-order valence-electron chi connectivity index (χ0n) is 9.03. The fourth-order valence-corrected chi connectivity index (χ4v) is 2.05. The van der Waals surface area contributed by atoms with Gasteiger partial charge in [-0.1, -0.05) is 6.92 Å². The Morgan fingerprint density at radius 1 is 1.60 bits per heavy atom. The normalized spacial score (nSPS) is 14.0. The van der Waals surface area contributed by atoms with Crippen LogP contribution >= 0.6 is 0 Å². The predicted molar refractivity (Wildman–Crippen MR) is 59.3 cm³/mol. The minimum atomic E-state index is -2.91.